The van der Waals surface area contributed by atoms with E-state index in [1.165, 1.54) is 38.8 Å². The fourth-order valence-corrected chi connectivity index (χ4v) is 3.80. The highest BCUT2D eigenvalue weighted by atomic mass is 15.2. The summed E-state index contributed by atoms with van der Waals surface area (Å²) in [4.78, 5) is 5.08. The minimum absolute atomic E-state index is 0.353. The summed E-state index contributed by atoms with van der Waals surface area (Å²) in [5.41, 5.74) is 6.46. The molecule has 1 saturated heterocycles. The van der Waals surface area contributed by atoms with E-state index in [-0.39, 0.29) is 0 Å². The number of piperidine rings is 1. The van der Waals surface area contributed by atoms with Crippen molar-refractivity contribution in [1.82, 2.24) is 9.80 Å². The third-order valence-electron chi connectivity index (χ3n) is 5.47. The number of nitrogens with zero attached hydrogens (tertiary/aromatic N) is 2. The van der Waals surface area contributed by atoms with Gasteiger partial charge in [0.05, 0.1) is 0 Å². The second-order valence-electron chi connectivity index (χ2n) is 7.02. The molecule has 0 bridgehead atoms. The van der Waals surface area contributed by atoms with E-state index in [0.29, 0.717) is 5.54 Å². The molecule has 0 spiro atoms. The Kier molecular flexibility index (Phi) is 4.35. The first-order valence-electron chi connectivity index (χ1n) is 7.60. The molecule has 1 aliphatic heterocycles. The van der Waals surface area contributed by atoms with Gasteiger partial charge >= 0.3 is 0 Å². The number of rotatable bonds is 4. The van der Waals surface area contributed by atoms with E-state index < -0.39 is 0 Å². The Labute approximate surface area is 113 Å². The highest BCUT2D eigenvalue weighted by Gasteiger charge is 2.48. The molecule has 0 unspecified atom stereocenters. The van der Waals surface area contributed by atoms with Gasteiger partial charge in [0.25, 0.3) is 0 Å². The van der Waals surface area contributed by atoms with E-state index in [1.54, 1.807) is 0 Å². The van der Waals surface area contributed by atoms with Crippen molar-refractivity contribution in [3.05, 3.63) is 0 Å². The first-order valence-corrected chi connectivity index (χ1v) is 7.60. The maximum Gasteiger partial charge on any atom is 0.0337 e. The van der Waals surface area contributed by atoms with Crippen molar-refractivity contribution in [1.29, 1.82) is 0 Å². The van der Waals surface area contributed by atoms with Crippen molar-refractivity contribution >= 4 is 0 Å². The normalized spacial score (nSPS) is 35.2. The van der Waals surface area contributed by atoms with Crippen molar-refractivity contribution in [3.63, 3.8) is 0 Å². The molecule has 2 fully saturated rings. The molecule has 3 nitrogen and oxygen atoms in total. The lowest BCUT2D eigenvalue weighted by molar-refractivity contribution is -0.0532. The lowest BCUT2D eigenvalue weighted by atomic mass is 9.62. The van der Waals surface area contributed by atoms with Gasteiger partial charge in [0.1, 0.15) is 0 Å². The molecule has 0 aromatic carbocycles. The van der Waals surface area contributed by atoms with Crippen LogP contribution in [0.25, 0.3) is 0 Å². The Morgan fingerprint density at radius 3 is 2.17 bits per heavy atom. The Morgan fingerprint density at radius 2 is 1.78 bits per heavy atom. The van der Waals surface area contributed by atoms with Crippen LogP contribution in [-0.4, -0.2) is 55.1 Å². The second kappa shape index (κ2) is 5.48. The predicted octanol–water partition coefficient (Wildman–Crippen LogP) is 1.78. The van der Waals surface area contributed by atoms with Crippen LogP contribution in [0, 0.1) is 11.8 Å². The Balaban J connectivity index is 1.88. The molecule has 0 aromatic rings. The van der Waals surface area contributed by atoms with Gasteiger partial charge in [-0.05, 0) is 51.6 Å². The van der Waals surface area contributed by atoms with Crippen LogP contribution in [0.1, 0.15) is 39.5 Å². The van der Waals surface area contributed by atoms with Gasteiger partial charge in [-0.3, -0.25) is 4.90 Å². The highest BCUT2D eigenvalue weighted by Crippen LogP contribution is 2.46. The molecule has 1 heterocycles. The first kappa shape index (κ1) is 14.3. The van der Waals surface area contributed by atoms with E-state index in [2.05, 4.69) is 37.7 Å². The van der Waals surface area contributed by atoms with E-state index in [9.17, 15) is 0 Å². The van der Waals surface area contributed by atoms with Crippen LogP contribution in [0.5, 0.6) is 0 Å². The minimum Gasteiger partial charge on any atom is -0.329 e. The Morgan fingerprint density at radius 1 is 1.22 bits per heavy atom. The van der Waals surface area contributed by atoms with Crippen molar-refractivity contribution in [2.75, 3.05) is 33.7 Å². The summed E-state index contributed by atoms with van der Waals surface area (Å²) >= 11 is 0. The van der Waals surface area contributed by atoms with Gasteiger partial charge in [-0.2, -0.15) is 0 Å². The summed E-state index contributed by atoms with van der Waals surface area (Å²) in [6.07, 6.45) is 5.27. The molecule has 0 atom stereocenters. The second-order valence-corrected chi connectivity index (χ2v) is 7.02. The molecule has 18 heavy (non-hydrogen) atoms. The summed E-state index contributed by atoms with van der Waals surface area (Å²) in [6, 6.07) is 0.775. The summed E-state index contributed by atoms with van der Waals surface area (Å²) in [5, 5.41) is 0. The fraction of sp³-hybridized carbons (Fsp3) is 1.00. The predicted molar refractivity (Wildman–Crippen MR) is 77.6 cm³/mol. The average Bonchev–Trinajstić information content (AvgIpc) is 2.28. The fourth-order valence-electron chi connectivity index (χ4n) is 3.80. The van der Waals surface area contributed by atoms with Gasteiger partial charge in [0.2, 0.25) is 0 Å². The minimum atomic E-state index is 0.353. The number of hydrogen-bond donors (Lipinski definition) is 1. The van der Waals surface area contributed by atoms with Gasteiger partial charge < -0.3 is 10.6 Å². The third kappa shape index (κ3) is 2.59. The topological polar surface area (TPSA) is 32.5 Å². The molecule has 3 heteroatoms. The maximum atomic E-state index is 6.10. The van der Waals surface area contributed by atoms with Gasteiger partial charge in [-0.1, -0.05) is 13.8 Å². The van der Waals surface area contributed by atoms with Gasteiger partial charge in [-0.25, -0.2) is 0 Å². The molecule has 0 amide bonds. The molecule has 0 aromatic heterocycles. The van der Waals surface area contributed by atoms with Gasteiger partial charge in [0, 0.05) is 31.2 Å². The third-order valence-corrected chi connectivity index (χ3v) is 5.47. The molecular formula is C15H31N3. The van der Waals surface area contributed by atoms with Crippen molar-refractivity contribution < 1.29 is 0 Å². The molecule has 2 aliphatic rings. The van der Waals surface area contributed by atoms with Crippen LogP contribution < -0.4 is 5.73 Å². The summed E-state index contributed by atoms with van der Waals surface area (Å²) in [5.74, 6) is 1.73. The van der Waals surface area contributed by atoms with E-state index in [0.717, 1.165) is 24.4 Å². The number of nitrogens with two attached hydrogens (primary N) is 1. The van der Waals surface area contributed by atoms with Crippen molar-refractivity contribution in [3.8, 4) is 0 Å². The standard InChI is InChI=1S/C15H31N3/c1-12(2)13-9-15(10-13,11-16)18-7-5-14(6-8-18)17(3)4/h12-14H,5-11,16H2,1-4H3. The molecule has 1 aliphatic carbocycles. The van der Waals surface area contributed by atoms with E-state index in [1.807, 2.05) is 0 Å². The van der Waals surface area contributed by atoms with E-state index in [4.69, 9.17) is 5.73 Å². The molecular weight excluding hydrogens is 222 g/mol. The molecule has 2 rings (SSSR count). The smallest absolute Gasteiger partial charge is 0.0337 e. The summed E-state index contributed by atoms with van der Waals surface area (Å²) < 4.78 is 0. The van der Waals surface area contributed by atoms with Gasteiger partial charge in [-0.15, -0.1) is 0 Å². The summed E-state index contributed by atoms with van der Waals surface area (Å²) in [6.45, 7) is 8.03. The van der Waals surface area contributed by atoms with Crippen molar-refractivity contribution in [2.24, 2.45) is 17.6 Å². The molecule has 0 radical (unpaired) electrons. The van der Waals surface area contributed by atoms with Crippen molar-refractivity contribution in [2.45, 2.75) is 51.1 Å². The number of hydrogen-bond acceptors (Lipinski definition) is 3. The zero-order chi connectivity index (χ0) is 13.3. The Bertz CT molecular complexity index is 261. The first-order chi connectivity index (χ1) is 8.48. The monoisotopic (exact) mass is 253 g/mol. The molecule has 2 N–H and O–H groups in total. The number of likely N-dealkylation sites (tertiary alicyclic amines) is 1. The lowest BCUT2D eigenvalue weighted by Crippen LogP contribution is -2.64. The Hall–Kier alpha value is -0.120. The highest BCUT2D eigenvalue weighted by molar-refractivity contribution is 5.05. The van der Waals surface area contributed by atoms with Crippen LogP contribution in [0.3, 0.4) is 0 Å². The maximum absolute atomic E-state index is 6.10. The zero-order valence-corrected chi connectivity index (χ0v) is 12.7. The molecule has 106 valence electrons. The van der Waals surface area contributed by atoms with E-state index >= 15 is 0 Å². The summed E-state index contributed by atoms with van der Waals surface area (Å²) in [7, 11) is 4.41. The van der Waals surface area contributed by atoms with Crippen LogP contribution in [0.15, 0.2) is 0 Å². The molecule has 1 saturated carbocycles. The van der Waals surface area contributed by atoms with Crippen LogP contribution in [0.4, 0.5) is 0 Å². The van der Waals surface area contributed by atoms with Crippen LogP contribution >= 0.6 is 0 Å². The quantitative estimate of drug-likeness (QED) is 0.829. The zero-order valence-electron chi connectivity index (χ0n) is 12.7. The largest absolute Gasteiger partial charge is 0.329 e. The van der Waals surface area contributed by atoms with Crippen LogP contribution in [-0.2, 0) is 0 Å². The average molecular weight is 253 g/mol. The lowest BCUT2D eigenvalue weighted by Gasteiger charge is -2.57. The van der Waals surface area contributed by atoms with Gasteiger partial charge in [0.15, 0.2) is 0 Å². The SMILES string of the molecule is CC(C)C1CC(CN)(N2CCC(N(C)C)CC2)C1. The van der Waals surface area contributed by atoms with Crippen LogP contribution in [0.2, 0.25) is 0 Å².